The number of aliphatic carboxylic acids is 1. The number of rotatable bonds is 9. The summed E-state index contributed by atoms with van der Waals surface area (Å²) >= 11 is 0. The highest BCUT2D eigenvalue weighted by molar-refractivity contribution is 5.89. The highest BCUT2D eigenvalue weighted by Crippen LogP contribution is 2.44. The number of carboxylic acids is 1. The summed E-state index contributed by atoms with van der Waals surface area (Å²) in [6.07, 6.45) is -0.0865. The van der Waals surface area contributed by atoms with Gasteiger partial charge in [0, 0.05) is 5.92 Å². The van der Waals surface area contributed by atoms with E-state index >= 15 is 0 Å². The van der Waals surface area contributed by atoms with Crippen LogP contribution in [0, 0.1) is 5.92 Å². The molecule has 7 heteroatoms. The van der Waals surface area contributed by atoms with Gasteiger partial charge in [-0.05, 0) is 41.0 Å². The lowest BCUT2D eigenvalue weighted by Crippen LogP contribution is -2.51. The summed E-state index contributed by atoms with van der Waals surface area (Å²) in [5.41, 5.74) is 4.47. The molecule has 2 atom stereocenters. The van der Waals surface area contributed by atoms with Crippen LogP contribution in [0.25, 0.3) is 11.1 Å². The van der Waals surface area contributed by atoms with E-state index in [0.717, 1.165) is 22.3 Å². The molecule has 0 saturated carbocycles. The molecular formula is C25H30N2O5. The van der Waals surface area contributed by atoms with Gasteiger partial charge in [-0.15, -0.1) is 0 Å². The van der Waals surface area contributed by atoms with Gasteiger partial charge < -0.3 is 20.5 Å². The molecule has 2 aromatic rings. The molecule has 0 radical (unpaired) electrons. The van der Waals surface area contributed by atoms with Crippen molar-refractivity contribution >= 4 is 18.0 Å². The SMILES string of the molecule is CCC(NC(=O)OCC1c2ccccc2-c2ccccc21)C(=O)NC(CC(C)C)C(=O)O. The third kappa shape index (κ3) is 5.28. The Morgan fingerprint density at radius 2 is 1.50 bits per heavy atom. The van der Waals surface area contributed by atoms with Crippen molar-refractivity contribution in [1.29, 1.82) is 0 Å². The maximum atomic E-state index is 12.5. The van der Waals surface area contributed by atoms with Crippen LogP contribution in [0.1, 0.15) is 50.7 Å². The fourth-order valence-corrected chi connectivity index (χ4v) is 4.10. The number of benzene rings is 2. The van der Waals surface area contributed by atoms with E-state index in [1.165, 1.54) is 0 Å². The summed E-state index contributed by atoms with van der Waals surface area (Å²) in [5.74, 6) is -1.60. The number of carbonyl (C=O) groups is 3. The van der Waals surface area contributed by atoms with Crippen molar-refractivity contribution in [3.05, 3.63) is 59.7 Å². The highest BCUT2D eigenvalue weighted by atomic mass is 16.5. The number of fused-ring (bicyclic) bond motifs is 3. The molecule has 3 rings (SSSR count). The second-order valence-electron chi connectivity index (χ2n) is 8.46. The smallest absolute Gasteiger partial charge is 0.407 e. The summed E-state index contributed by atoms with van der Waals surface area (Å²) < 4.78 is 5.49. The van der Waals surface area contributed by atoms with Crippen molar-refractivity contribution in [1.82, 2.24) is 10.6 Å². The average molecular weight is 439 g/mol. The molecule has 0 aromatic heterocycles. The summed E-state index contributed by atoms with van der Waals surface area (Å²) in [5, 5.41) is 14.4. The Labute approximate surface area is 188 Å². The molecule has 0 bridgehead atoms. The number of hydrogen-bond donors (Lipinski definition) is 3. The summed E-state index contributed by atoms with van der Waals surface area (Å²) in [7, 11) is 0. The lowest BCUT2D eigenvalue weighted by atomic mass is 9.98. The third-order valence-electron chi connectivity index (χ3n) is 5.68. The van der Waals surface area contributed by atoms with E-state index in [2.05, 4.69) is 22.8 Å². The molecule has 0 fully saturated rings. The fourth-order valence-electron chi connectivity index (χ4n) is 4.10. The largest absolute Gasteiger partial charge is 0.480 e. The van der Waals surface area contributed by atoms with Crippen LogP contribution in [-0.2, 0) is 14.3 Å². The number of ether oxygens (including phenoxy) is 1. The normalized spacial score (nSPS) is 14.2. The predicted molar refractivity (Wildman–Crippen MR) is 121 cm³/mol. The molecular weight excluding hydrogens is 408 g/mol. The van der Waals surface area contributed by atoms with Gasteiger partial charge in [0.1, 0.15) is 18.7 Å². The second-order valence-corrected chi connectivity index (χ2v) is 8.46. The Kier molecular flexibility index (Phi) is 7.51. The quantitative estimate of drug-likeness (QED) is 0.550. The van der Waals surface area contributed by atoms with Crippen LogP contribution in [0.15, 0.2) is 48.5 Å². The molecule has 2 aromatic carbocycles. The highest BCUT2D eigenvalue weighted by Gasteiger charge is 2.30. The molecule has 1 aliphatic rings. The van der Waals surface area contributed by atoms with Crippen molar-refractivity contribution < 1.29 is 24.2 Å². The monoisotopic (exact) mass is 438 g/mol. The summed E-state index contributed by atoms with van der Waals surface area (Å²) in [6, 6.07) is 14.2. The maximum Gasteiger partial charge on any atom is 0.407 e. The van der Waals surface area contributed by atoms with Gasteiger partial charge in [-0.1, -0.05) is 69.3 Å². The van der Waals surface area contributed by atoms with E-state index in [-0.39, 0.29) is 18.4 Å². The Balaban J connectivity index is 1.61. The number of hydrogen-bond acceptors (Lipinski definition) is 4. The van der Waals surface area contributed by atoms with Crippen LogP contribution in [0.4, 0.5) is 4.79 Å². The predicted octanol–water partition coefficient (Wildman–Crippen LogP) is 3.92. The molecule has 170 valence electrons. The first-order valence-electron chi connectivity index (χ1n) is 11.0. The summed E-state index contributed by atoms with van der Waals surface area (Å²) in [6.45, 7) is 5.65. The molecule has 3 N–H and O–H groups in total. The van der Waals surface area contributed by atoms with Gasteiger partial charge in [0.15, 0.2) is 0 Å². The number of alkyl carbamates (subject to hydrolysis) is 1. The van der Waals surface area contributed by atoms with Crippen LogP contribution in [0.5, 0.6) is 0 Å². The number of carboxylic acid groups (broad SMARTS) is 1. The van der Waals surface area contributed by atoms with E-state index in [1.807, 2.05) is 50.2 Å². The van der Waals surface area contributed by atoms with Gasteiger partial charge in [0.25, 0.3) is 0 Å². The molecule has 7 nitrogen and oxygen atoms in total. The maximum absolute atomic E-state index is 12.5. The first kappa shape index (κ1) is 23.3. The topological polar surface area (TPSA) is 105 Å². The van der Waals surface area contributed by atoms with Crippen LogP contribution in [0.2, 0.25) is 0 Å². The molecule has 2 unspecified atom stereocenters. The Morgan fingerprint density at radius 3 is 2.00 bits per heavy atom. The van der Waals surface area contributed by atoms with Gasteiger partial charge in [-0.25, -0.2) is 9.59 Å². The van der Waals surface area contributed by atoms with Crippen molar-refractivity contribution in [2.75, 3.05) is 6.61 Å². The molecule has 2 amide bonds. The zero-order valence-corrected chi connectivity index (χ0v) is 18.6. The van der Waals surface area contributed by atoms with Crippen LogP contribution in [-0.4, -0.2) is 41.8 Å². The van der Waals surface area contributed by atoms with Crippen molar-refractivity contribution in [3.63, 3.8) is 0 Å². The van der Waals surface area contributed by atoms with Gasteiger partial charge >= 0.3 is 12.1 Å². The van der Waals surface area contributed by atoms with Gasteiger partial charge in [0.2, 0.25) is 5.91 Å². The van der Waals surface area contributed by atoms with Crippen molar-refractivity contribution in [2.24, 2.45) is 5.92 Å². The fraction of sp³-hybridized carbons (Fsp3) is 0.400. The number of amides is 2. The van der Waals surface area contributed by atoms with Crippen LogP contribution >= 0.6 is 0 Å². The molecule has 1 aliphatic carbocycles. The van der Waals surface area contributed by atoms with E-state index in [1.54, 1.807) is 6.92 Å². The zero-order chi connectivity index (χ0) is 23.3. The van der Waals surface area contributed by atoms with E-state index < -0.39 is 30.1 Å². The second kappa shape index (κ2) is 10.3. The molecule has 0 saturated heterocycles. The Hall–Kier alpha value is -3.35. The minimum Gasteiger partial charge on any atom is -0.480 e. The lowest BCUT2D eigenvalue weighted by Gasteiger charge is -2.22. The van der Waals surface area contributed by atoms with Gasteiger partial charge in [0.05, 0.1) is 0 Å². The van der Waals surface area contributed by atoms with Crippen molar-refractivity contribution in [2.45, 2.75) is 51.6 Å². The average Bonchev–Trinajstić information content (AvgIpc) is 3.09. The first-order chi connectivity index (χ1) is 15.3. The minimum atomic E-state index is -1.09. The molecule has 32 heavy (non-hydrogen) atoms. The van der Waals surface area contributed by atoms with E-state index in [4.69, 9.17) is 4.74 Å². The molecule has 0 heterocycles. The van der Waals surface area contributed by atoms with Crippen LogP contribution < -0.4 is 10.6 Å². The third-order valence-corrected chi connectivity index (χ3v) is 5.68. The van der Waals surface area contributed by atoms with Crippen molar-refractivity contribution in [3.8, 4) is 11.1 Å². The standard InChI is InChI=1S/C25H30N2O5/c1-4-21(23(28)26-22(24(29)30)13-15(2)3)27-25(31)32-14-20-18-11-7-5-9-16(18)17-10-6-8-12-19(17)20/h5-12,15,20-22H,4,13-14H2,1-3H3,(H,26,28)(H,27,31)(H,29,30). The Morgan fingerprint density at radius 1 is 0.938 bits per heavy atom. The van der Waals surface area contributed by atoms with Gasteiger partial charge in [-0.3, -0.25) is 4.79 Å². The molecule has 0 spiro atoms. The van der Waals surface area contributed by atoms with E-state index in [9.17, 15) is 19.5 Å². The zero-order valence-electron chi connectivity index (χ0n) is 18.6. The Bertz CT molecular complexity index is 942. The van der Waals surface area contributed by atoms with E-state index in [0.29, 0.717) is 12.8 Å². The molecule has 0 aliphatic heterocycles. The summed E-state index contributed by atoms with van der Waals surface area (Å²) in [4.78, 5) is 36.4. The minimum absolute atomic E-state index is 0.0792. The lowest BCUT2D eigenvalue weighted by molar-refractivity contribution is -0.142. The van der Waals surface area contributed by atoms with Gasteiger partial charge in [-0.2, -0.15) is 0 Å². The number of nitrogens with one attached hydrogen (secondary N) is 2. The first-order valence-corrected chi connectivity index (χ1v) is 11.0. The number of carbonyl (C=O) groups excluding carboxylic acids is 2. The van der Waals surface area contributed by atoms with Crippen LogP contribution in [0.3, 0.4) is 0 Å².